The highest BCUT2D eigenvalue weighted by atomic mass is 16.4. The van der Waals surface area contributed by atoms with Crippen LogP contribution in [0.4, 0.5) is 0 Å². The van der Waals surface area contributed by atoms with Crippen molar-refractivity contribution in [2.75, 3.05) is 13.1 Å². The molecule has 3 rings (SSSR count). The summed E-state index contributed by atoms with van der Waals surface area (Å²) in [4.78, 5) is 36.6. The lowest BCUT2D eigenvalue weighted by Crippen LogP contribution is -2.30. The smallest absolute Gasteiger partial charge is 0.308 e. The van der Waals surface area contributed by atoms with Crippen LogP contribution in [0.3, 0.4) is 0 Å². The fraction of sp³-hybridized carbons (Fsp3) is 0.250. The zero-order chi connectivity index (χ0) is 17.3. The lowest BCUT2D eigenvalue weighted by Gasteiger charge is -2.13. The lowest BCUT2D eigenvalue weighted by atomic mass is 10.1. The van der Waals surface area contributed by atoms with Gasteiger partial charge in [-0.15, -0.1) is 0 Å². The molecule has 3 N–H and O–H groups in total. The summed E-state index contributed by atoms with van der Waals surface area (Å²) >= 11 is 0. The SMILES string of the molecule is NC(=O)c1cc(C(=O)N2CC[C@H](C(=O)O)C2)nn1-c1ccccc1. The Morgan fingerprint density at radius 3 is 2.50 bits per heavy atom. The molecule has 1 fully saturated rings. The van der Waals surface area contributed by atoms with Crippen molar-refractivity contribution in [1.82, 2.24) is 14.7 Å². The normalized spacial score (nSPS) is 17.0. The van der Waals surface area contributed by atoms with Crippen LogP contribution in [0, 0.1) is 5.92 Å². The number of carboxylic acid groups (broad SMARTS) is 1. The molecule has 1 atom stereocenters. The van der Waals surface area contributed by atoms with Crippen LogP contribution in [-0.2, 0) is 4.79 Å². The molecule has 1 aliphatic rings. The summed E-state index contributed by atoms with van der Waals surface area (Å²) in [5, 5.41) is 13.2. The van der Waals surface area contributed by atoms with Gasteiger partial charge in [-0.1, -0.05) is 18.2 Å². The van der Waals surface area contributed by atoms with Gasteiger partial charge in [0.05, 0.1) is 11.6 Å². The molecule has 1 aliphatic heterocycles. The fourth-order valence-electron chi connectivity index (χ4n) is 2.74. The molecule has 1 aromatic heterocycles. The Balaban J connectivity index is 1.91. The summed E-state index contributed by atoms with van der Waals surface area (Å²) in [6.45, 7) is 0.484. The lowest BCUT2D eigenvalue weighted by molar-refractivity contribution is -0.141. The molecule has 0 aliphatic carbocycles. The summed E-state index contributed by atoms with van der Waals surface area (Å²) in [5.74, 6) is -2.59. The van der Waals surface area contributed by atoms with E-state index in [2.05, 4.69) is 5.10 Å². The van der Waals surface area contributed by atoms with Crippen molar-refractivity contribution >= 4 is 17.8 Å². The van der Waals surface area contributed by atoms with Crippen molar-refractivity contribution in [3.8, 4) is 5.69 Å². The van der Waals surface area contributed by atoms with Gasteiger partial charge in [-0.25, -0.2) is 4.68 Å². The zero-order valence-electron chi connectivity index (χ0n) is 12.8. The van der Waals surface area contributed by atoms with Gasteiger partial charge in [0.2, 0.25) is 0 Å². The van der Waals surface area contributed by atoms with Gasteiger partial charge in [0.1, 0.15) is 5.69 Å². The molecule has 0 radical (unpaired) electrons. The van der Waals surface area contributed by atoms with Gasteiger partial charge in [-0.3, -0.25) is 14.4 Å². The van der Waals surface area contributed by atoms with Crippen molar-refractivity contribution in [2.24, 2.45) is 11.7 Å². The van der Waals surface area contributed by atoms with E-state index < -0.39 is 23.7 Å². The van der Waals surface area contributed by atoms with E-state index in [4.69, 9.17) is 10.8 Å². The minimum absolute atomic E-state index is 0.0682. The molecular weight excluding hydrogens is 312 g/mol. The number of aromatic nitrogens is 2. The van der Waals surface area contributed by atoms with Gasteiger partial charge in [0, 0.05) is 19.2 Å². The Morgan fingerprint density at radius 1 is 1.21 bits per heavy atom. The van der Waals surface area contributed by atoms with Gasteiger partial charge in [0.15, 0.2) is 5.69 Å². The Kier molecular flexibility index (Phi) is 4.03. The van der Waals surface area contributed by atoms with Gasteiger partial charge < -0.3 is 15.7 Å². The van der Waals surface area contributed by atoms with Crippen LogP contribution in [0.1, 0.15) is 27.4 Å². The molecule has 8 nitrogen and oxygen atoms in total. The van der Waals surface area contributed by atoms with E-state index in [0.29, 0.717) is 18.7 Å². The van der Waals surface area contributed by atoms with E-state index in [1.54, 1.807) is 24.3 Å². The first kappa shape index (κ1) is 15.7. The zero-order valence-corrected chi connectivity index (χ0v) is 12.8. The number of amides is 2. The van der Waals surface area contributed by atoms with Crippen LogP contribution in [0.2, 0.25) is 0 Å². The van der Waals surface area contributed by atoms with Crippen molar-refractivity contribution < 1.29 is 19.5 Å². The molecule has 0 unspecified atom stereocenters. The summed E-state index contributed by atoms with van der Waals surface area (Å²) < 4.78 is 1.32. The van der Waals surface area contributed by atoms with Crippen molar-refractivity contribution in [2.45, 2.75) is 6.42 Å². The molecule has 2 aromatic rings. The number of carbonyl (C=O) groups is 3. The molecule has 0 spiro atoms. The summed E-state index contributed by atoms with van der Waals surface area (Å²) in [5.41, 5.74) is 6.15. The molecule has 24 heavy (non-hydrogen) atoms. The van der Waals surface area contributed by atoms with Gasteiger partial charge in [0.25, 0.3) is 11.8 Å². The first-order valence-electron chi connectivity index (χ1n) is 7.44. The summed E-state index contributed by atoms with van der Waals surface area (Å²) in [6.07, 6.45) is 0.406. The molecule has 2 amide bonds. The predicted molar refractivity (Wildman–Crippen MR) is 83.7 cm³/mol. The van der Waals surface area contributed by atoms with Crippen LogP contribution in [0.5, 0.6) is 0 Å². The van der Waals surface area contributed by atoms with Crippen LogP contribution < -0.4 is 5.73 Å². The quantitative estimate of drug-likeness (QED) is 0.848. The average Bonchev–Trinajstić information content (AvgIpc) is 3.22. The van der Waals surface area contributed by atoms with E-state index >= 15 is 0 Å². The number of nitrogens with zero attached hydrogens (tertiary/aromatic N) is 3. The molecule has 1 aromatic carbocycles. The highest BCUT2D eigenvalue weighted by Gasteiger charge is 2.32. The Bertz CT molecular complexity index is 800. The highest BCUT2D eigenvalue weighted by molar-refractivity contribution is 5.98. The minimum Gasteiger partial charge on any atom is -0.481 e. The number of primary amides is 1. The number of nitrogens with two attached hydrogens (primary N) is 1. The molecular formula is C16H16N4O4. The maximum absolute atomic E-state index is 12.5. The van der Waals surface area contributed by atoms with Crippen molar-refractivity contribution in [1.29, 1.82) is 0 Å². The number of aliphatic carboxylic acids is 1. The molecule has 8 heteroatoms. The van der Waals surface area contributed by atoms with Crippen LogP contribution in [0.25, 0.3) is 5.69 Å². The maximum Gasteiger partial charge on any atom is 0.308 e. The topological polar surface area (TPSA) is 119 Å². The number of carbonyl (C=O) groups excluding carboxylic acids is 2. The van der Waals surface area contributed by atoms with E-state index in [-0.39, 0.29) is 17.9 Å². The Labute approximate surface area is 137 Å². The number of hydrogen-bond donors (Lipinski definition) is 2. The van der Waals surface area contributed by atoms with E-state index in [1.807, 2.05) is 6.07 Å². The molecule has 124 valence electrons. The number of hydrogen-bond acceptors (Lipinski definition) is 4. The number of para-hydroxylation sites is 1. The number of rotatable bonds is 4. The van der Waals surface area contributed by atoms with Gasteiger partial charge >= 0.3 is 5.97 Å². The average molecular weight is 328 g/mol. The van der Waals surface area contributed by atoms with E-state index in [9.17, 15) is 14.4 Å². The first-order valence-corrected chi connectivity index (χ1v) is 7.44. The van der Waals surface area contributed by atoms with E-state index in [1.165, 1.54) is 15.6 Å². The van der Waals surface area contributed by atoms with Crippen LogP contribution in [-0.4, -0.2) is 50.7 Å². The van der Waals surface area contributed by atoms with Crippen LogP contribution in [0.15, 0.2) is 36.4 Å². The number of likely N-dealkylation sites (tertiary alicyclic amines) is 1. The molecule has 2 heterocycles. The molecule has 1 saturated heterocycles. The Hall–Kier alpha value is -3.16. The minimum atomic E-state index is -0.919. The fourth-order valence-corrected chi connectivity index (χ4v) is 2.74. The molecule has 0 saturated carbocycles. The van der Waals surface area contributed by atoms with Crippen molar-refractivity contribution in [3.05, 3.63) is 47.8 Å². The second kappa shape index (κ2) is 6.15. The third-order valence-electron chi connectivity index (χ3n) is 4.01. The van der Waals surface area contributed by atoms with Crippen LogP contribution >= 0.6 is 0 Å². The van der Waals surface area contributed by atoms with E-state index in [0.717, 1.165) is 0 Å². The Morgan fingerprint density at radius 2 is 1.92 bits per heavy atom. The van der Waals surface area contributed by atoms with Crippen molar-refractivity contribution in [3.63, 3.8) is 0 Å². The highest BCUT2D eigenvalue weighted by Crippen LogP contribution is 2.20. The second-order valence-electron chi connectivity index (χ2n) is 5.60. The largest absolute Gasteiger partial charge is 0.481 e. The number of benzene rings is 1. The molecule has 0 bridgehead atoms. The van der Waals surface area contributed by atoms with Gasteiger partial charge in [-0.05, 0) is 18.6 Å². The van der Waals surface area contributed by atoms with Gasteiger partial charge in [-0.2, -0.15) is 5.10 Å². The summed E-state index contributed by atoms with van der Waals surface area (Å²) in [7, 11) is 0. The third-order valence-corrected chi connectivity index (χ3v) is 4.01. The standard InChI is InChI=1S/C16H16N4O4/c17-14(21)13-8-12(18-20(13)11-4-2-1-3-5-11)15(22)19-7-6-10(9-19)16(23)24/h1-5,8,10H,6-7,9H2,(H2,17,21)(H,23,24)/t10-/m0/s1. The number of carboxylic acids is 1. The third kappa shape index (κ3) is 2.85. The summed E-state index contributed by atoms with van der Waals surface area (Å²) in [6, 6.07) is 10.2. The maximum atomic E-state index is 12.5. The monoisotopic (exact) mass is 328 g/mol. The second-order valence-corrected chi connectivity index (χ2v) is 5.60. The first-order chi connectivity index (χ1) is 11.5. The predicted octanol–water partition coefficient (Wildman–Crippen LogP) is 0.518.